The van der Waals surface area contributed by atoms with Gasteiger partial charge in [-0.3, -0.25) is 14.9 Å². The number of nitrogens with zero attached hydrogens (tertiary/aromatic N) is 1. The number of aryl methyl sites for hydroxylation is 1. The molecule has 0 aliphatic carbocycles. The molecule has 1 fully saturated rings. The van der Waals surface area contributed by atoms with Crippen LogP contribution < -0.4 is 10.6 Å². The van der Waals surface area contributed by atoms with Crippen molar-refractivity contribution in [2.45, 2.75) is 46.6 Å². The van der Waals surface area contributed by atoms with Crippen molar-refractivity contribution >= 4 is 23.7 Å². The minimum atomic E-state index is -0.333. The zero-order valence-electron chi connectivity index (χ0n) is 13.5. The first-order chi connectivity index (χ1) is 10.1. The van der Waals surface area contributed by atoms with E-state index in [2.05, 4.69) is 10.6 Å². The number of hydrogen-bond donors (Lipinski definition) is 2. The number of hydrogen-bond acceptors (Lipinski definition) is 3. The van der Waals surface area contributed by atoms with Gasteiger partial charge < -0.3 is 9.88 Å². The lowest BCUT2D eigenvalue weighted by Gasteiger charge is -2.25. The molecule has 1 atom stereocenters. The van der Waals surface area contributed by atoms with Crippen LogP contribution >= 0.6 is 0 Å². The Kier molecular flexibility index (Phi) is 6.21. The average Bonchev–Trinajstić information content (AvgIpc) is 2.78. The number of carbonyl (C=O) groups excluding carboxylic acids is 2. The van der Waals surface area contributed by atoms with Crippen molar-refractivity contribution in [3.63, 3.8) is 0 Å². The van der Waals surface area contributed by atoms with Gasteiger partial charge in [0.1, 0.15) is 11.9 Å². The van der Waals surface area contributed by atoms with E-state index in [0.29, 0.717) is 12.8 Å². The standard InChI is InChI=1S/C14H19N3O2.C2H6/c1-4-5-10-9(2)8-12(15-3)17(10)11-6-7-13(18)16-14(11)19;1-2/h4-5,8,11,15H,6-7H2,1-3H3,(H,16,18,19);1-2H3/b5-4-;. The molecule has 0 saturated carbocycles. The van der Waals surface area contributed by atoms with Crippen LogP contribution in [0.1, 0.15) is 50.9 Å². The van der Waals surface area contributed by atoms with Gasteiger partial charge in [0.05, 0.1) is 0 Å². The smallest absolute Gasteiger partial charge is 0.249 e. The second-order valence-electron chi connectivity index (χ2n) is 4.68. The molecule has 2 rings (SSSR count). The predicted octanol–water partition coefficient (Wildman–Crippen LogP) is 2.88. The first-order valence-electron chi connectivity index (χ1n) is 7.44. The second-order valence-corrected chi connectivity index (χ2v) is 4.68. The number of anilines is 1. The number of piperidine rings is 1. The van der Waals surface area contributed by atoms with Gasteiger partial charge in [0, 0.05) is 19.2 Å². The summed E-state index contributed by atoms with van der Waals surface area (Å²) in [4.78, 5) is 23.3. The van der Waals surface area contributed by atoms with Gasteiger partial charge in [-0.15, -0.1) is 0 Å². The fraction of sp³-hybridized carbons (Fsp3) is 0.500. The lowest BCUT2D eigenvalue weighted by Crippen LogP contribution is -2.42. The topological polar surface area (TPSA) is 63.1 Å². The van der Waals surface area contributed by atoms with E-state index in [1.165, 1.54) is 0 Å². The Morgan fingerprint density at radius 1 is 1.38 bits per heavy atom. The molecule has 5 nitrogen and oxygen atoms in total. The lowest BCUT2D eigenvalue weighted by atomic mass is 10.1. The Morgan fingerprint density at radius 3 is 2.57 bits per heavy atom. The number of allylic oxidation sites excluding steroid dienone is 1. The maximum absolute atomic E-state index is 12.0. The molecule has 1 aliphatic heterocycles. The van der Waals surface area contributed by atoms with Crippen molar-refractivity contribution in [1.29, 1.82) is 0 Å². The van der Waals surface area contributed by atoms with Crippen LogP contribution in [0.25, 0.3) is 6.08 Å². The third-order valence-electron chi connectivity index (χ3n) is 3.38. The Labute approximate surface area is 126 Å². The van der Waals surface area contributed by atoms with Crippen LogP contribution in [0.15, 0.2) is 12.1 Å². The number of rotatable bonds is 3. The van der Waals surface area contributed by atoms with Gasteiger partial charge in [-0.1, -0.05) is 19.9 Å². The molecule has 2 amide bonds. The summed E-state index contributed by atoms with van der Waals surface area (Å²) in [5, 5.41) is 5.52. The molecule has 1 saturated heterocycles. The first-order valence-corrected chi connectivity index (χ1v) is 7.44. The summed E-state index contributed by atoms with van der Waals surface area (Å²) in [7, 11) is 1.83. The molecule has 21 heavy (non-hydrogen) atoms. The summed E-state index contributed by atoms with van der Waals surface area (Å²) in [6, 6.07) is 1.68. The maximum atomic E-state index is 12.0. The van der Waals surface area contributed by atoms with Gasteiger partial charge in [0.2, 0.25) is 11.8 Å². The highest BCUT2D eigenvalue weighted by atomic mass is 16.2. The van der Waals surface area contributed by atoms with E-state index in [1.807, 2.05) is 57.5 Å². The second kappa shape index (κ2) is 7.67. The Balaban J connectivity index is 0.00000106. The Hall–Kier alpha value is -2.04. The van der Waals surface area contributed by atoms with Crippen LogP contribution in [-0.4, -0.2) is 23.4 Å². The maximum Gasteiger partial charge on any atom is 0.249 e. The molecule has 116 valence electrons. The Bertz CT molecular complexity index is 544. The summed E-state index contributed by atoms with van der Waals surface area (Å²) in [5.41, 5.74) is 2.11. The minimum absolute atomic E-state index is 0.191. The largest absolute Gasteiger partial charge is 0.375 e. The Morgan fingerprint density at radius 2 is 2.05 bits per heavy atom. The highest BCUT2D eigenvalue weighted by molar-refractivity contribution is 5.99. The molecule has 1 aliphatic rings. The zero-order chi connectivity index (χ0) is 16.0. The van der Waals surface area contributed by atoms with Crippen molar-refractivity contribution in [2.75, 3.05) is 12.4 Å². The summed E-state index contributed by atoms with van der Waals surface area (Å²) in [6.07, 6.45) is 4.86. The molecule has 0 spiro atoms. The van der Waals surface area contributed by atoms with E-state index in [1.54, 1.807) is 0 Å². The van der Waals surface area contributed by atoms with Gasteiger partial charge >= 0.3 is 0 Å². The van der Waals surface area contributed by atoms with Crippen LogP contribution in [0.2, 0.25) is 0 Å². The monoisotopic (exact) mass is 291 g/mol. The van der Waals surface area contributed by atoms with Gasteiger partial charge in [-0.2, -0.15) is 0 Å². The van der Waals surface area contributed by atoms with Gasteiger partial charge in [-0.25, -0.2) is 0 Å². The third kappa shape index (κ3) is 3.54. The van der Waals surface area contributed by atoms with Gasteiger partial charge in [0.15, 0.2) is 0 Å². The van der Waals surface area contributed by atoms with E-state index in [-0.39, 0.29) is 17.9 Å². The van der Waals surface area contributed by atoms with Gasteiger partial charge in [0.25, 0.3) is 0 Å². The van der Waals surface area contributed by atoms with Crippen LogP contribution in [-0.2, 0) is 9.59 Å². The summed E-state index contributed by atoms with van der Waals surface area (Å²) >= 11 is 0. The van der Waals surface area contributed by atoms with Crippen molar-refractivity contribution in [2.24, 2.45) is 0 Å². The number of aromatic nitrogens is 1. The molecular weight excluding hydrogens is 266 g/mol. The van der Waals surface area contributed by atoms with Crippen molar-refractivity contribution in [3.8, 4) is 0 Å². The highest BCUT2D eigenvalue weighted by Crippen LogP contribution is 2.30. The molecular formula is C16H25N3O2. The fourth-order valence-corrected chi connectivity index (χ4v) is 2.49. The normalized spacial score (nSPS) is 18.2. The molecule has 1 aromatic rings. The number of nitrogens with one attached hydrogen (secondary N) is 2. The highest BCUT2D eigenvalue weighted by Gasteiger charge is 2.30. The van der Waals surface area contributed by atoms with Crippen LogP contribution in [0, 0.1) is 6.92 Å². The fourth-order valence-electron chi connectivity index (χ4n) is 2.49. The quantitative estimate of drug-likeness (QED) is 0.842. The molecule has 0 aromatic carbocycles. The molecule has 2 N–H and O–H groups in total. The number of amides is 2. The van der Waals surface area contributed by atoms with Crippen LogP contribution in [0.5, 0.6) is 0 Å². The molecule has 1 aromatic heterocycles. The van der Waals surface area contributed by atoms with Crippen LogP contribution in [0.3, 0.4) is 0 Å². The summed E-state index contributed by atoms with van der Waals surface area (Å²) in [5.74, 6) is 0.470. The van der Waals surface area contributed by atoms with Crippen molar-refractivity contribution in [1.82, 2.24) is 9.88 Å². The predicted molar refractivity (Wildman–Crippen MR) is 86.2 cm³/mol. The molecule has 0 bridgehead atoms. The first kappa shape index (κ1) is 17.0. The summed E-state index contributed by atoms with van der Waals surface area (Å²) in [6.45, 7) is 7.96. The van der Waals surface area contributed by atoms with Crippen molar-refractivity contribution < 1.29 is 9.59 Å². The molecule has 2 heterocycles. The van der Waals surface area contributed by atoms with Crippen LogP contribution in [0.4, 0.5) is 5.82 Å². The zero-order valence-corrected chi connectivity index (χ0v) is 13.5. The van der Waals surface area contributed by atoms with E-state index < -0.39 is 0 Å². The van der Waals surface area contributed by atoms with E-state index in [4.69, 9.17) is 0 Å². The molecule has 1 unspecified atom stereocenters. The lowest BCUT2D eigenvalue weighted by molar-refractivity contribution is -0.135. The summed E-state index contributed by atoms with van der Waals surface area (Å²) < 4.78 is 1.97. The molecule has 5 heteroatoms. The number of imide groups is 1. The average molecular weight is 291 g/mol. The number of carbonyl (C=O) groups is 2. The van der Waals surface area contributed by atoms with E-state index in [0.717, 1.165) is 17.1 Å². The third-order valence-corrected chi connectivity index (χ3v) is 3.38. The van der Waals surface area contributed by atoms with Crippen molar-refractivity contribution in [3.05, 3.63) is 23.4 Å². The van der Waals surface area contributed by atoms with E-state index in [9.17, 15) is 9.59 Å². The SMILES string of the molecule is C/C=C\c1c(C)cc(NC)n1C1CCC(=O)NC1=O.CC. The van der Waals surface area contributed by atoms with E-state index >= 15 is 0 Å². The molecule has 0 radical (unpaired) electrons. The minimum Gasteiger partial charge on any atom is -0.375 e. The van der Waals surface area contributed by atoms with Gasteiger partial charge in [-0.05, 0) is 38.0 Å².